The van der Waals surface area contributed by atoms with Gasteiger partial charge in [0.1, 0.15) is 5.75 Å². The molecular formula is C17H30O4Si. The Morgan fingerprint density at radius 1 is 0.864 bits per heavy atom. The lowest BCUT2D eigenvalue weighted by molar-refractivity contribution is 0.0593. The first-order valence-electron chi connectivity index (χ1n) is 8.36. The number of aromatic hydroxyl groups is 1. The van der Waals surface area contributed by atoms with E-state index in [0.29, 0.717) is 38.0 Å². The van der Waals surface area contributed by atoms with Crippen molar-refractivity contribution >= 4 is 8.80 Å². The fourth-order valence-corrected chi connectivity index (χ4v) is 4.93. The summed E-state index contributed by atoms with van der Waals surface area (Å²) in [6.07, 6.45) is 3.53. The first-order chi connectivity index (χ1) is 10.7. The fourth-order valence-electron chi connectivity index (χ4n) is 2.12. The molecule has 0 radical (unpaired) electrons. The van der Waals surface area contributed by atoms with Gasteiger partial charge in [0.2, 0.25) is 0 Å². The van der Waals surface area contributed by atoms with Crippen molar-refractivity contribution in [2.24, 2.45) is 0 Å². The summed E-state index contributed by atoms with van der Waals surface area (Å²) in [5, 5.41) is 9.93. The largest absolute Gasteiger partial charge is 0.508 e. The molecule has 4 nitrogen and oxygen atoms in total. The number of para-hydroxylation sites is 1. The molecular weight excluding hydrogens is 296 g/mol. The maximum Gasteiger partial charge on any atom is 0.501 e. The third-order valence-corrected chi connectivity index (χ3v) is 6.06. The van der Waals surface area contributed by atoms with Gasteiger partial charge in [-0.2, -0.15) is 0 Å². The Labute approximate surface area is 135 Å². The number of phenols is 1. The Bertz CT molecular complexity index is 390. The first kappa shape index (κ1) is 19.2. The van der Waals surface area contributed by atoms with Gasteiger partial charge in [-0.3, -0.25) is 0 Å². The van der Waals surface area contributed by atoms with Crippen molar-refractivity contribution in [3.8, 4) is 5.75 Å². The van der Waals surface area contributed by atoms with E-state index in [1.165, 1.54) is 0 Å². The predicted octanol–water partition coefficient (Wildman–Crippen LogP) is 4.15. The van der Waals surface area contributed by atoms with E-state index in [1.807, 2.05) is 18.2 Å². The highest BCUT2D eigenvalue weighted by Gasteiger charge is 2.40. The molecule has 0 aliphatic rings. The minimum absolute atomic E-state index is 0.326. The van der Waals surface area contributed by atoms with Crippen LogP contribution in [0.4, 0.5) is 0 Å². The van der Waals surface area contributed by atoms with Crippen LogP contribution in [0.3, 0.4) is 0 Å². The molecule has 126 valence electrons. The highest BCUT2D eigenvalue weighted by Crippen LogP contribution is 2.24. The summed E-state index contributed by atoms with van der Waals surface area (Å²) in [7, 11) is -2.68. The predicted molar refractivity (Wildman–Crippen MR) is 91.1 cm³/mol. The normalized spacial score (nSPS) is 11.8. The summed E-state index contributed by atoms with van der Waals surface area (Å²) in [5.41, 5.74) is 0.916. The van der Waals surface area contributed by atoms with E-state index in [2.05, 4.69) is 20.8 Å². The van der Waals surface area contributed by atoms with Crippen molar-refractivity contribution in [1.82, 2.24) is 0 Å². The molecule has 0 aliphatic heterocycles. The van der Waals surface area contributed by atoms with Crippen molar-refractivity contribution in [3.05, 3.63) is 29.8 Å². The number of phenolic OH excluding ortho intramolecular Hbond substituents is 1. The topological polar surface area (TPSA) is 47.9 Å². The molecule has 1 aromatic carbocycles. The summed E-state index contributed by atoms with van der Waals surface area (Å²) in [4.78, 5) is 0. The van der Waals surface area contributed by atoms with Gasteiger partial charge in [0.05, 0.1) is 0 Å². The Morgan fingerprint density at radius 2 is 1.36 bits per heavy atom. The van der Waals surface area contributed by atoms with Crippen LogP contribution >= 0.6 is 0 Å². The Kier molecular flexibility index (Phi) is 9.39. The molecule has 1 rings (SSSR count). The number of rotatable bonds is 12. The van der Waals surface area contributed by atoms with E-state index in [-0.39, 0.29) is 0 Å². The molecule has 1 aromatic rings. The zero-order chi connectivity index (χ0) is 16.3. The van der Waals surface area contributed by atoms with E-state index in [9.17, 15) is 5.11 Å². The van der Waals surface area contributed by atoms with E-state index in [1.54, 1.807) is 6.07 Å². The molecule has 0 heterocycles. The molecule has 1 N–H and O–H groups in total. The average molecular weight is 327 g/mol. The van der Waals surface area contributed by atoms with Gasteiger partial charge in [0.25, 0.3) is 0 Å². The Balaban J connectivity index is 2.78. The summed E-state index contributed by atoms with van der Waals surface area (Å²) in [5.74, 6) is 0.326. The van der Waals surface area contributed by atoms with Crippen LogP contribution < -0.4 is 0 Å². The van der Waals surface area contributed by atoms with Crippen molar-refractivity contribution in [1.29, 1.82) is 0 Å². The van der Waals surface area contributed by atoms with E-state index in [4.69, 9.17) is 13.3 Å². The highest BCUT2D eigenvalue weighted by atomic mass is 28.4. The van der Waals surface area contributed by atoms with Gasteiger partial charge in [0.15, 0.2) is 0 Å². The van der Waals surface area contributed by atoms with E-state index in [0.717, 1.165) is 24.8 Å². The molecule has 5 heteroatoms. The van der Waals surface area contributed by atoms with Crippen LogP contribution in [0, 0.1) is 0 Å². The molecule has 0 aromatic heterocycles. The quantitative estimate of drug-likeness (QED) is 0.586. The summed E-state index contributed by atoms with van der Waals surface area (Å²) in [6, 6.07) is 8.12. The molecule has 0 amide bonds. The van der Waals surface area contributed by atoms with E-state index >= 15 is 0 Å². The number of hydrogen-bond acceptors (Lipinski definition) is 4. The standard InChI is InChI=1S/C17H30O4Si/c1-4-12-19-22(20-13-5-2,21-14-6-3)15-11-16-9-7-8-10-17(16)18/h7-10,18H,4-6,11-15H2,1-3H3. The van der Waals surface area contributed by atoms with Gasteiger partial charge in [-0.25, -0.2) is 0 Å². The third kappa shape index (κ3) is 6.48. The molecule has 0 spiro atoms. The van der Waals surface area contributed by atoms with Gasteiger partial charge in [0, 0.05) is 25.9 Å². The zero-order valence-corrected chi connectivity index (χ0v) is 15.1. The summed E-state index contributed by atoms with van der Waals surface area (Å²) >= 11 is 0. The average Bonchev–Trinajstić information content (AvgIpc) is 2.55. The molecule has 0 aliphatic carbocycles. The Hall–Kier alpha value is -0.883. The van der Waals surface area contributed by atoms with Crippen LogP contribution in [0.15, 0.2) is 24.3 Å². The van der Waals surface area contributed by atoms with Crippen LogP contribution in [0.5, 0.6) is 5.75 Å². The zero-order valence-electron chi connectivity index (χ0n) is 14.1. The second-order valence-corrected chi connectivity index (χ2v) is 8.09. The monoisotopic (exact) mass is 326 g/mol. The van der Waals surface area contributed by atoms with Crippen molar-refractivity contribution in [2.45, 2.75) is 52.5 Å². The molecule has 0 saturated heterocycles. The first-order valence-corrected chi connectivity index (χ1v) is 10.3. The molecule has 0 bridgehead atoms. The van der Waals surface area contributed by atoms with Crippen LogP contribution in [0.25, 0.3) is 0 Å². The van der Waals surface area contributed by atoms with Crippen molar-refractivity contribution in [2.75, 3.05) is 19.8 Å². The second kappa shape index (κ2) is 10.8. The van der Waals surface area contributed by atoms with Gasteiger partial charge in [-0.05, 0) is 37.3 Å². The fraction of sp³-hybridized carbons (Fsp3) is 0.647. The maximum atomic E-state index is 9.93. The lowest BCUT2D eigenvalue weighted by Gasteiger charge is -2.29. The summed E-state index contributed by atoms with van der Waals surface area (Å²) < 4.78 is 18.2. The molecule has 22 heavy (non-hydrogen) atoms. The molecule has 0 atom stereocenters. The van der Waals surface area contributed by atoms with Crippen LogP contribution in [0.2, 0.25) is 6.04 Å². The highest BCUT2D eigenvalue weighted by molar-refractivity contribution is 6.60. The smallest absolute Gasteiger partial charge is 0.501 e. The van der Waals surface area contributed by atoms with Gasteiger partial charge in [-0.1, -0.05) is 39.0 Å². The minimum atomic E-state index is -2.68. The third-order valence-electron chi connectivity index (χ3n) is 3.27. The number of aryl methyl sites for hydroxylation is 1. The molecule has 0 saturated carbocycles. The molecule has 0 unspecified atom stereocenters. The van der Waals surface area contributed by atoms with Crippen LogP contribution in [-0.2, 0) is 19.7 Å². The number of hydrogen-bond donors (Lipinski definition) is 1. The minimum Gasteiger partial charge on any atom is -0.508 e. The SMILES string of the molecule is CCCO[Si](CCc1ccccc1O)(OCCC)OCCC. The van der Waals surface area contributed by atoms with Crippen LogP contribution in [-0.4, -0.2) is 33.7 Å². The Morgan fingerprint density at radius 3 is 1.82 bits per heavy atom. The lowest BCUT2D eigenvalue weighted by atomic mass is 10.1. The molecule has 0 fully saturated rings. The second-order valence-electron chi connectivity index (χ2n) is 5.36. The van der Waals surface area contributed by atoms with Gasteiger partial charge >= 0.3 is 8.80 Å². The van der Waals surface area contributed by atoms with Crippen LogP contribution in [0.1, 0.15) is 45.6 Å². The maximum absolute atomic E-state index is 9.93. The number of benzene rings is 1. The van der Waals surface area contributed by atoms with Crippen molar-refractivity contribution in [3.63, 3.8) is 0 Å². The lowest BCUT2D eigenvalue weighted by Crippen LogP contribution is -2.47. The van der Waals surface area contributed by atoms with Crippen molar-refractivity contribution < 1.29 is 18.4 Å². The van der Waals surface area contributed by atoms with Gasteiger partial charge in [-0.15, -0.1) is 0 Å². The summed E-state index contributed by atoms with van der Waals surface area (Å²) in [6.45, 7) is 8.22. The van der Waals surface area contributed by atoms with Gasteiger partial charge < -0.3 is 18.4 Å². The van der Waals surface area contributed by atoms with E-state index < -0.39 is 8.80 Å².